The van der Waals surface area contributed by atoms with Crippen LogP contribution in [-0.2, 0) is 4.79 Å². The summed E-state index contributed by atoms with van der Waals surface area (Å²) in [5, 5.41) is 1.80. The molecule has 1 unspecified atom stereocenters. The lowest BCUT2D eigenvalue weighted by Gasteiger charge is -2.26. The maximum atomic E-state index is 15.3. The Bertz CT molecular complexity index is 1530. The highest BCUT2D eigenvalue weighted by Gasteiger charge is 2.29. The predicted octanol–water partition coefficient (Wildman–Crippen LogP) is 4.70. The standard InChI is InChI=1S/C25H25FN4O3S/c1-4-13(2)27-30(14(3)31)17-7-5-15(6-8-17)18-12-21-19(11-20(18)26)23(32)22-24(33)28-34-25(22)29(21)16-9-10-16/h5-8,11-13,16,27H,4,9-10H2,1-3H3,(H,28,33). The van der Waals surface area contributed by atoms with Gasteiger partial charge in [-0.1, -0.05) is 19.1 Å². The first-order valence-electron chi connectivity index (χ1n) is 11.4. The van der Waals surface area contributed by atoms with Gasteiger partial charge in [-0.15, -0.1) is 0 Å². The average molecular weight is 481 g/mol. The Morgan fingerprint density at radius 1 is 1.26 bits per heavy atom. The fourth-order valence-electron chi connectivity index (χ4n) is 4.22. The van der Waals surface area contributed by atoms with E-state index < -0.39 is 16.8 Å². The quantitative estimate of drug-likeness (QED) is 0.392. The van der Waals surface area contributed by atoms with E-state index in [1.165, 1.54) is 18.0 Å². The number of nitrogens with one attached hydrogen (secondary N) is 2. The van der Waals surface area contributed by atoms with Crippen molar-refractivity contribution in [3.05, 3.63) is 62.8 Å². The van der Waals surface area contributed by atoms with Crippen LogP contribution in [-0.4, -0.2) is 20.9 Å². The molecule has 34 heavy (non-hydrogen) atoms. The third-order valence-electron chi connectivity index (χ3n) is 6.34. The summed E-state index contributed by atoms with van der Waals surface area (Å²) in [5.74, 6) is -0.681. The van der Waals surface area contributed by atoms with Gasteiger partial charge in [-0.25, -0.2) is 14.8 Å². The van der Waals surface area contributed by atoms with E-state index in [9.17, 15) is 14.4 Å². The van der Waals surface area contributed by atoms with Gasteiger partial charge in [0, 0.05) is 30.0 Å². The first kappa shape index (κ1) is 22.5. The minimum Gasteiger partial charge on any atom is -0.328 e. The smallest absolute Gasteiger partial charge is 0.271 e. The van der Waals surface area contributed by atoms with E-state index in [1.807, 2.05) is 18.4 Å². The van der Waals surface area contributed by atoms with E-state index >= 15 is 4.39 Å². The molecule has 0 saturated heterocycles. The molecule has 2 aromatic carbocycles. The highest BCUT2D eigenvalue weighted by Crippen LogP contribution is 2.41. The number of carbonyl (C=O) groups is 1. The third-order valence-corrected chi connectivity index (χ3v) is 7.22. The molecule has 1 atom stereocenters. The van der Waals surface area contributed by atoms with Crippen LogP contribution in [0.4, 0.5) is 10.1 Å². The zero-order chi connectivity index (χ0) is 24.1. The number of aromatic nitrogens is 2. The Hall–Kier alpha value is -3.30. The Morgan fingerprint density at radius 3 is 2.59 bits per heavy atom. The van der Waals surface area contributed by atoms with E-state index in [0.717, 1.165) is 30.8 Å². The molecule has 176 valence electrons. The average Bonchev–Trinajstić information content (AvgIpc) is 3.59. The van der Waals surface area contributed by atoms with E-state index in [2.05, 4.69) is 9.80 Å². The van der Waals surface area contributed by atoms with Gasteiger partial charge in [0.15, 0.2) is 0 Å². The lowest BCUT2D eigenvalue weighted by atomic mass is 10.0. The van der Waals surface area contributed by atoms with Gasteiger partial charge in [0.25, 0.3) is 5.56 Å². The largest absolute Gasteiger partial charge is 0.328 e. The number of benzene rings is 2. The number of halogens is 1. The Balaban J connectivity index is 1.63. The van der Waals surface area contributed by atoms with Crippen molar-refractivity contribution in [2.45, 2.75) is 52.1 Å². The SMILES string of the molecule is CCC(C)NN(C(C)=O)c1ccc(-c2cc3c(cc2F)c(=O)c2c(=O)[nH]sc2n3C2CC2)cc1. The van der Waals surface area contributed by atoms with Crippen LogP contribution < -0.4 is 21.4 Å². The summed E-state index contributed by atoms with van der Waals surface area (Å²) < 4.78 is 19.9. The maximum Gasteiger partial charge on any atom is 0.271 e. The molecule has 0 radical (unpaired) electrons. The van der Waals surface area contributed by atoms with Gasteiger partial charge in [0.2, 0.25) is 11.3 Å². The van der Waals surface area contributed by atoms with Crippen molar-refractivity contribution in [3.63, 3.8) is 0 Å². The zero-order valence-electron chi connectivity index (χ0n) is 19.1. The first-order valence-corrected chi connectivity index (χ1v) is 12.2. The molecule has 1 fully saturated rings. The monoisotopic (exact) mass is 480 g/mol. The number of carbonyl (C=O) groups excluding carboxylic acids is 1. The fraction of sp³-hybridized carbons (Fsp3) is 0.320. The van der Waals surface area contributed by atoms with Gasteiger partial charge in [-0.2, -0.15) is 0 Å². The van der Waals surface area contributed by atoms with Crippen LogP contribution in [0.2, 0.25) is 0 Å². The number of anilines is 1. The second-order valence-corrected chi connectivity index (χ2v) is 9.63. The van der Waals surface area contributed by atoms with Crippen molar-refractivity contribution >= 4 is 44.2 Å². The molecule has 2 heterocycles. The minimum atomic E-state index is -0.535. The molecule has 1 amide bonds. The summed E-state index contributed by atoms with van der Waals surface area (Å²) in [6.07, 6.45) is 2.76. The van der Waals surface area contributed by atoms with Gasteiger partial charge in [-0.05, 0) is 67.5 Å². The molecule has 1 saturated carbocycles. The van der Waals surface area contributed by atoms with E-state index in [0.29, 0.717) is 27.2 Å². The van der Waals surface area contributed by atoms with E-state index in [-0.39, 0.29) is 28.8 Å². The highest BCUT2D eigenvalue weighted by atomic mass is 32.1. The van der Waals surface area contributed by atoms with Crippen LogP contribution in [0.15, 0.2) is 46.0 Å². The van der Waals surface area contributed by atoms with Gasteiger partial charge in [0.1, 0.15) is 16.0 Å². The van der Waals surface area contributed by atoms with Crippen LogP contribution >= 0.6 is 11.5 Å². The molecule has 9 heteroatoms. The number of hydrogen-bond acceptors (Lipinski definition) is 5. The Kier molecular flexibility index (Phi) is 5.61. The maximum absolute atomic E-state index is 15.3. The number of hydrogen-bond donors (Lipinski definition) is 2. The molecular weight excluding hydrogens is 455 g/mol. The molecule has 0 spiro atoms. The van der Waals surface area contributed by atoms with Crippen LogP contribution in [0, 0.1) is 5.82 Å². The summed E-state index contributed by atoms with van der Waals surface area (Å²) in [4.78, 5) is 38.0. The van der Waals surface area contributed by atoms with E-state index in [1.54, 1.807) is 30.3 Å². The third kappa shape index (κ3) is 3.74. The summed E-state index contributed by atoms with van der Waals surface area (Å²) in [7, 11) is 0. The highest BCUT2D eigenvalue weighted by molar-refractivity contribution is 7.12. The van der Waals surface area contributed by atoms with Gasteiger partial charge in [-0.3, -0.25) is 18.8 Å². The van der Waals surface area contributed by atoms with Gasteiger partial charge in [0.05, 0.1) is 11.2 Å². The first-order chi connectivity index (χ1) is 16.3. The molecule has 0 aliphatic heterocycles. The molecule has 4 aromatic rings. The molecule has 0 bridgehead atoms. The van der Waals surface area contributed by atoms with Crippen LogP contribution in [0.5, 0.6) is 0 Å². The number of pyridine rings is 1. The topological polar surface area (TPSA) is 87.2 Å². The molecule has 1 aliphatic carbocycles. The van der Waals surface area contributed by atoms with Crippen LogP contribution in [0.25, 0.3) is 32.2 Å². The molecule has 1 aliphatic rings. The summed E-state index contributed by atoms with van der Waals surface area (Å²) in [5.41, 5.74) is 4.57. The predicted molar refractivity (Wildman–Crippen MR) is 134 cm³/mol. The summed E-state index contributed by atoms with van der Waals surface area (Å²) in [6, 6.07) is 10.3. The number of amides is 1. The number of rotatable bonds is 6. The second kappa shape index (κ2) is 8.48. The molecular formula is C25H25FN4O3S. The lowest BCUT2D eigenvalue weighted by molar-refractivity contribution is -0.117. The zero-order valence-corrected chi connectivity index (χ0v) is 20.0. The number of hydrazine groups is 1. The van der Waals surface area contributed by atoms with E-state index in [4.69, 9.17) is 0 Å². The fourth-order valence-corrected chi connectivity index (χ4v) is 5.14. The van der Waals surface area contributed by atoms with Crippen molar-refractivity contribution in [2.24, 2.45) is 0 Å². The van der Waals surface area contributed by atoms with Crippen molar-refractivity contribution in [3.8, 4) is 11.1 Å². The molecule has 5 rings (SSSR count). The summed E-state index contributed by atoms with van der Waals surface area (Å²) >= 11 is 1.15. The normalized spacial score (nSPS) is 14.6. The number of nitrogens with zero attached hydrogens (tertiary/aromatic N) is 2. The molecule has 7 nitrogen and oxygen atoms in total. The van der Waals surface area contributed by atoms with Crippen molar-refractivity contribution in [2.75, 3.05) is 5.01 Å². The second-order valence-electron chi connectivity index (χ2n) is 8.83. The van der Waals surface area contributed by atoms with Crippen molar-refractivity contribution in [1.82, 2.24) is 14.4 Å². The summed E-state index contributed by atoms with van der Waals surface area (Å²) in [6.45, 7) is 5.51. The minimum absolute atomic E-state index is 0.0963. The lowest BCUT2D eigenvalue weighted by Crippen LogP contribution is -2.46. The molecule has 2 aromatic heterocycles. The van der Waals surface area contributed by atoms with Crippen molar-refractivity contribution < 1.29 is 9.18 Å². The Labute approximate surface area is 198 Å². The van der Waals surface area contributed by atoms with Crippen LogP contribution in [0.3, 0.4) is 0 Å². The number of H-pyrrole nitrogens is 1. The number of fused-ring (bicyclic) bond motifs is 2. The van der Waals surface area contributed by atoms with Gasteiger partial charge >= 0.3 is 0 Å². The van der Waals surface area contributed by atoms with Gasteiger partial charge < -0.3 is 4.57 Å². The van der Waals surface area contributed by atoms with Crippen LogP contribution in [0.1, 0.15) is 46.1 Å². The Morgan fingerprint density at radius 2 is 1.97 bits per heavy atom. The molecule has 2 N–H and O–H groups in total. The number of aromatic amines is 1. The van der Waals surface area contributed by atoms with Crippen molar-refractivity contribution in [1.29, 1.82) is 0 Å².